The molecule has 50 heavy (non-hydrogen) atoms. The maximum absolute atomic E-state index is 13.5. The van der Waals surface area contributed by atoms with Gasteiger partial charge in [0.2, 0.25) is 0 Å². The summed E-state index contributed by atoms with van der Waals surface area (Å²) in [6.45, 7) is 0. The molecule has 18 heteroatoms. The Kier molecular flexibility index (Phi) is 15.0. The van der Waals surface area contributed by atoms with E-state index >= 15 is 0 Å². The van der Waals surface area contributed by atoms with Gasteiger partial charge in [-0.25, -0.2) is 0 Å². The molecule has 0 aliphatic carbocycles. The Hall–Kier alpha value is 0.105. The predicted octanol–water partition coefficient (Wildman–Crippen LogP) is -14.5. The van der Waals surface area contributed by atoms with E-state index in [0.717, 1.165) is 0 Å². The number of aliphatic carboxylic acids is 4. The van der Waals surface area contributed by atoms with Gasteiger partial charge in [-0.05, 0) is 56.6 Å². The number of imide groups is 2. The third-order valence-corrected chi connectivity index (χ3v) is 8.59. The van der Waals surface area contributed by atoms with Gasteiger partial charge in [0, 0.05) is 57.8 Å². The molecule has 0 saturated carbocycles. The Balaban J connectivity index is 0.00000169. The Labute approximate surface area is 450 Å². The van der Waals surface area contributed by atoms with E-state index < -0.39 is 72.4 Å². The number of carbonyl (C=O) groups is 8. The Morgan fingerprint density at radius 2 is 0.680 bits per heavy atom. The fourth-order valence-electron chi connectivity index (χ4n) is 6.75. The molecule has 0 aromatic heterocycles. The standard InChI is InChI=1S/C32H18N2O12.4K/c35-21(36)9-19(31(43)44)33-27(39)15-5-1-11-12-2-6-17-26-18(30(42)34(29(17)41)20(32(45)46)10-22(37)38)8-4-14(24(12)26)13-3-7-16(28(33)40)25(15)23(11)13;;;;/h1-8,19-20H,9-10H2,(H,35,36)(H,37,38)(H,43,44)(H,45,46);;;;/q;4*+1/p-4. The van der Waals surface area contributed by atoms with Gasteiger partial charge in [-0.2, -0.15) is 0 Å². The summed E-state index contributed by atoms with van der Waals surface area (Å²) in [5.74, 6) is -11.7. The third kappa shape index (κ3) is 6.93. The maximum Gasteiger partial charge on any atom is 1.00 e. The van der Waals surface area contributed by atoms with Crippen LogP contribution in [0.4, 0.5) is 0 Å². The molecule has 7 rings (SSSR count). The maximum atomic E-state index is 13.5. The van der Waals surface area contributed by atoms with Crippen LogP contribution >= 0.6 is 0 Å². The van der Waals surface area contributed by atoms with Crippen molar-refractivity contribution in [2.75, 3.05) is 0 Å². The van der Waals surface area contributed by atoms with Crippen molar-refractivity contribution in [3.8, 4) is 0 Å². The summed E-state index contributed by atoms with van der Waals surface area (Å²) >= 11 is 0. The zero-order valence-electron chi connectivity index (χ0n) is 27.0. The van der Waals surface area contributed by atoms with Gasteiger partial charge in [0.25, 0.3) is 23.6 Å². The number of hydrogen-bond donors (Lipinski definition) is 0. The van der Waals surface area contributed by atoms with Gasteiger partial charge in [0.05, 0.1) is 24.0 Å². The van der Waals surface area contributed by atoms with Crippen LogP contribution < -0.4 is 226 Å². The van der Waals surface area contributed by atoms with Gasteiger partial charge in [-0.3, -0.25) is 29.0 Å². The monoisotopic (exact) mass is 774 g/mol. The summed E-state index contributed by atoms with van der Waals surface area (Å²) in [7, 11) is 0. The van der Waals surface area contributed by atoms with Gasteiger partial charge < -0.3 is 39.6 Å². The Bertz CT molecular complexity index is 2080. The number of hydrogen-bond acceptors (Lipinski definition) is 12. The van der Waals surface area contributed by atoms with Gasteiger partial charge in [-0.15, -0.1) is 0 Å². The number of benzene rings is 5. The molecule has 0 saturated heterocycles. The molecule has 0 radical (unpaired) electrons. The molecule has 2 aliphatic rings. The zero-order chi connectivity index (χ0) is 32.9. The molecule has 0 N–H and O–H groups in total. The fourth-order valence-corrected chi connectivity index (χ4v) is 6.75. The van der Waals surface area contributed by atoms with Crippen LogP contribution in [0.15, 0.2) is 48.5 Å². The van der Waals surface area contributed by atoms with E-state index in [9.17, 15) is 58.8 Å². The van der Waals surface area contributed by atoms with Crippen LogP contribution in [-0.4, -0.2) is 69.4 Å². The number of rotatable bonds is 8. The quantitative estimate of drug-likeness (QED) is 0.0619. The van der Waals surface area contributed by atoms with Crippen LogP contribution in [0.5, 0.6) is 0 Å². The summed E-state index contributed by atoms with van der Waals surface area (Å²) in [5.41, 5.74) is -0.292. The molecule has 5 aromatic rings. The van der Waals surface area contributed by atoms with Gasteiger partial charge >= 0.3 is 206 Å². The van der Waals surface area contributed by atoms with Crippen molar-refractivity contribution in [2.24, 2.45) is 0 Å². The topological polar surface area (TPSA) is 235 Å². The predicted molar refractivity (Wildman–Crippen MR) is 145 cm³/mol. The van der Waals surface area contributed by atoms with Crippen LogP contribution in [0.25, 0.3) is 43.1 Å². The van der Waals surface area contributed by atoms with Crippen molar-refractivity contribution in [2.45, 2.75) is 24.9 Å². The summed E-state index contributed by atoms with van der Waals surface area (Å²) < 4.78 is 0. The zero-order valence-corrected chi connectivity index (χ0v) is 39.5. The number of amides is 4. The third-order valence-electron chi connectivity index (χ3n) is 8.59. The first-order chi connectivity index (χ1) is 21.8. The van der Waals surface area contributed by atoms with Gasteiger partial charge in [-0.1, -0.05) is 24.3 Å². The van der Waals surface area contributed by atoms with E-state index in [1.54, 1.807) is 0 Å². The Morgan fingerprint density at radius 1 is 0.440 bits per heavy atom. The molecule has 2 aliphatic heterocycles. The van der Waals surface area contributed by atoms with Crippen molar-refractivity contribution >= 4 is 90.6 Å². The molecule has 4 amide bonds. The average molecular weight is 775 g/mol. The van der Waals surface area contributed by atoms with Crippen molar-refractivity contribution in [1.29, 1.82) is 0 Å². The average Bonchev–Trinajstić information content (AvgIpc) is 3.00. The minimum absolute atomic E-state index is 0. The number of carboxylic acids is 4. The second-order valence-corrected chi connectivity index (χ2v) is 10.9. The Morgan fingerprint density at radius 3 is 0.880 bits per heavy atom. The van der Waals surface area contributed by atoms with Crippen LogP contribution in [-0.2, 0) is 19.2 Å². The number of fused-ring (bicyclic) bond motifs is 2. The molecule has 2 unspecified atom stereocenters. The largest absolute Gasteiger partial charge is 1.00 e. The van der Waals surface area contributed by atoms with Crippen LogP contribution in [0.1, 0.15) is 54.3 Å². The van der Waals surface area contributed by atoms with E-state index in [0.29, 0.717) is 42.1 Å². The van der Waals surface area contributed by atoms with E-state index in [-0.39, 0.29) is 239 Å². The van der Waals surface area contributed by atoms with Crippen LogP contribution in [0.3, 0.4) is 0 Å². The smallest absolute Gasteiger partial charge is 0.550 e. The molecular formula is C32H14K4N2O12. The van der Waals surface area contributed by atoms with E-state index in [1.807, 2.05) is 0 Å². The summed E-state index contributed by atoms with van der Waals surface area (Å²) in [4.78, 5) is 101. The first-order valence-electron chi connectivity index (χ1n) is 13.6. The first kappa shape index (κ1) is 44.5. The van der Waals surface area contributed by atoms with E-state index in [1.165, 1.54) is 48.5 Å². The molecule has 2 atom stereocenters. The van der Waals surface area contributed by atoms with Crippen LogP contribution in [0.2, 0.25) is 0 Å². The molecule has 5 aromatic carbocycles. The van der Waals surface area contributed by atoms with Crippen LogP contribution in [0, 0.1) is 0 Å². The molecular weight excluding hydrogens is 761 g/mol. The second kappa shape index (κ2) is 16.9. The molecule has 0 spiro atoms. The number of nitrogens with zero attached hydrogens (tertiary/aromatic N) is 2. The molecule has 228 valence electrons. The minimum atomic E-state index is -2.13. The summed E-state index contributed by atoms with van der Waals surface area (Å²) in [5, 5.41) is 49.2. The first-order valence-corrected chi connectivity index (χ1v) is 13.6. The number of carboxylic acid groups (broad SMARTS) is 4. The van der Waals surface area contributed by atoms with Gasteiger partial charge in [0.1, 0.15) is 0 Å². The van der Waals surface area contributed by atoms with Crippen molar-refractivity contribution in [3.05, 3.63) is 70.8 Å². The van der Waals surface area contributed by atoms with Crippen molar-refractivity contribution < 1.29 is 264 Å². The molecule has 0 bridgehead atoms. The SMILES string of the molecule is O=C([O-])CC(C(=O)[O-])N1C(=O)c2ccc3c4ccc5c6c(ccc(c7ccc(c2c37)C1=O)c64)C(=O)N(C(CC(=O)[O-])C(=O)[O-])C5=O.[K+].[K+].[K+].[K+]. The molecule has 2 heterocycles. The molecule has 0 fully saturated rings. The van der Waals surface area contributed by atoms with Gasteiger partial charge in [0.15, 0.2) is 0 Å². The van der Waals surface area contributed by atoms with Crippen molar-refractivity contribution in [1.82, 2.24) is 9.80 Å². The summed E-state index contributed by atoms with van der Waals surface area (Å²) in [6, 6.07) is 7.25. The second-order valence-electron chi connectivity index (χ2n) is 10.9. The molecule has 14 nitrogen and oxygen atoms in total. The van der Waals surface area contributed by atoms with E-state index in [4.69, 9.17) is 0 Å². The minimum Gasteiger partial charge on any atom is -0.550 e. The van der Waals surface area contributed by atoms with E-state index in [2.05, 4.69) is 0 Å². The number of carbonyl (C=O) groups excluding carboxylic acids is 8. The van der Waals surface area contributed by atoms with Crippen molar-refractivity contribution in [3.63, 3.8) is 0 Å². The normalized spacial score (nSPS) is 14.5. The fraction of sp³-hybridized carbons (Fsp3) is 0.125. The summed E-state index contributed by atoms with van der Waals surface area (Å²) in [6.07, 6.45) is -2.36.